The molecule has 0 N–H and O–H groups in total. The molecule has 29 heavy (non-hydrogen) atoms. The Morgan fingerprint density at radius 1 is 0.966 bits per heavy atom. The molecule has 0 aromatic carbocycles. The summed E-state index contributed by atoms with van der Waals surface area (Å²) in [5.41, 5.74) is 3.69. The van der Waals surface area contributed by atoms with Crippen molar-refractivity contribution in [2.24, 2.45) is 5.92 Å². The van der Waals surface area contributed by atoms with Crippen LogP contribution in [0.25, 0.3) is 5.65 Å². The molecule has 5 nitrogen and oxygen atoms in total. The Morgan fingerprint density at radius 2 is 1.62 bits per heavy atom. The van der Waals surface area contributed by atoms with Gasteiger partial charge < -0.3 is 4.90 Å². The standard InChI is InChI=1S/C24H36N4O/c1-17(2)22-15-20(18(3)19-11-7-6-8-12-19)25-23-16-21(26-28(22)23)24(29)27-13-9-4-5-10-14-27/h15-19H,4-14H2,1-3H3. The number of fused-ring (bicyclic) bond motifs is 1. The maximum absolute atomic E-state index is 13.1. The van der Waals surface area contributed by atoms with Crippen LogP contribution in [0.15, 0.2) is 12.1 Å². The Labute approximate surface area is 174 Å². The number of carbonyl (C=O) groups excluding carboxylic acids is 1. The van der Waals surface area contributed by atoms with Gasteiger partial charge in [0.15, 0.2) is 11.3 Å². The van der Waals surface area contributed by atoms with E-state index in [1.165, 1.54) is 50.6 Å². The number of aromatic nitrogens is 3. The number of nitrogens with zero attached hydrogens (tertiary/aromatic N) is 4. The zero-order valence-electron chi connectivity index (χ0n) is 18.4. The first-order valence-corrected chi connectivity index (χ1v) is 11.7. The minimum absolute atomic E-state index is 0.0639. The van der Waals surface area contributed by atoms with E-state index in [1.807, 2.05) is 15.5 Å². The number of hydrogen-bond donors (Lipinski definition) is 0. The second kappa shape index (κ2) is 8.85. The van der Waals surface area contributed by atoms with Crippen LogP contribution in [0, 0.1) is 5.92 Å². The number of rotatable bonds is 4. The largest absolute Gasteiger partial charge is 0.337 e. The lowest BCUT2D eigenvalue weighted by molar-refractivity contribution is 0.0755. The minimum Gasteiger partial charge on any atom is -0.337 e. The third-order valence-corrected chi connectivity index (χ3v) is 7.00. The predicted molar refractivity (Wildman–Crippen MR) is 116 cm³/mol. The van der Waals surface area contributed by atoms with E-state index in [0.717, 1.165) is 43.2 Å². The first kappa shape index (κ1) is 20.4. The molecule has 2 aliphatic rings. The van der Waals surface area contributed by atoms with Crippen LogP contribution >= 0.6 is 0 Å². The summed E-state index contributed by atoms with van der Waals surface area (Å²) in [5.74, 6) is 1.57. The Morgan fingerprint density at radius 3 is 2.28 bits per heavy atom. The van der Waals surface area contributed by atoms with Gasteiger partial charge in [0.05, 0.1) is 0 Å². The van der Waals surface area contributed by atoms with Gasteiger partial charge in [-0.05, 0) is 43.6 Å². The van der Waals surface area contributed by atoms with E-state index in [0.29, 0.717) is 17.5 Å². The molecule has 2 fully saturated rings. The van der Waals surface area contributed by atoms with E-state index >= 15 is 0 Å². The van der Waals surface area contributed by atoms with Crippen LogP contribution in [0.1, 0.15) is 112 Å². The molecule has 1 saturated heterocycles. The summed E-state index contributed by atoms with van der Waals surface area (Å²) < 4.78 is 1.91. The quantitative estimate of drug-likeness (QED) is 0.680. The number of hydrogen-bond acceptors (Lipinski definition) is 3. The van der Waals surface area contributed by atoms with Crippen molar-refractivity contribution in [3.8, 4) is 0 Å². The van der Waals surface area contributed by atoms with Gasteiger partial charge in [0, 0.05) is 36.5 Å². The highest BCUT2D eigenvalue weighted by atomic mass is 16.2. The van der Waals surface area contributed by atoms with E-state index in [-0.39, 0.29) is 5.91 Å². The van der Waals surface area contributed by atoms with Gasteiger partial charge >= 0.3 is 0 Å². The van der Waals surface area contributed by atoms with Crippen LogP contribution < -0.4 is 0 Å². The normalized spacial score (nSPS) is 20.2. The molecule has 4 rings (SSSR count). The molecule has 1 aliphatic heterocycles. The maximum atomic E-state index is 13.1. The highest BCUT2D eigenvalue weighted by Crippen LogP contribution is 2.36. The zero-order valence-corrected chi connectivity index (χ0v) is 18.4. The Hall–Kier alpha value is -1.91. The number of amides is 1. The van der Waals surface area contributed by atoms with Crippen molar-refractivity contribution in [3.63, 3.8) is 0 Å². The average Bonchev–Trinajstić information content (AvgIpc) is 2.98. The van der Waals surface area contributed by atoms with Crippen LogP contribution in [0.3, 0.4) is 0 Å². The molecule has 2 aromatic rings. The first-order valence-electron chi connectivity index (χ1n) is 11.7. The fourth-order valence-electron chi connectivity index (χ4n) is 5.08. The van der Waals surface area contributed by atoms with Crippen LogP contribution in [0.2, 0.25) is 0 Å². The van der Waals surface area contributed by atoms with E-state index in [2.05, 4.69) is 26.8 Å². The summed E-state index contributed by atoms with van der Waals surface area (Å²) in [7, 11) is 0. The molecule has 0 radical (unpaired) electrons. The van der Waals surface area contributed by atoms with Crippen molar-refractivity contribution in [2.75, 3.05) is 13.1 Å². The lowest BCUT2D eigenvalue weighted by Crippen LogP contribution is -2.32. The highest BCUT2D eigenvalue weighted by molar-refractivity contribution is 5.93. The second-order valence-corrected chi connectivity index (χ2v) is 9.45. The fourth-order valence-corrected chi connectivity index (χ4v) is 5.08. The summed E-state index contributed by atoms with van der Waals surface area (Å²) in [6.07, 6.45) is 11.3. The highest BCUT2D eigenvalue weighted by Gasteiger charge is 2.26. The van der Waals surface area contributed by atoms with Crippen molar-refractivity contribution in [3.05, 3.63) is 29.2 Å². The summed E-state index contributed by atoms with van der Waals surface area (Å²) >= 11 is 0. The molecule has 3 heterocycles. The molecule has 1 aliphatic carbocycles. The van der Waals surface area contributed by atoms with Gasteiger partial charge in [-0.1, -0.05) is 52.9 Å². The molecule has 0 spiro atoms. The molecule has 1 atom stereocenters. The van der Waals surface area contributed by atoms with Gasteiger partial charge in [0.2, 0.25) is 0 Å². The van der Waals surface area contributed by atoms with Crippen LogP contribution in [0.4, 0.5) is 0 Å². The number of likely N-dealkylation sites (tertiary alicyclic amines) is 1. The van der Waals surface area contributed by atoms with E-state index in [9.17, 15) is 4.79 Å². The predicted octanol–water partition coefficient (Wildman–Crippen LogP) is 5.55. The molecule has 158 valence electrons. The molecular weight excluding hydrogens is 360 g/mol. The molecule has 1 unspecified atom stereocenters. The molecule has 1 amide bonds. The SMILES string of the molecule is CC(C)c1cc(C(C)C2CCCCC2)nc2cc(C(=O)N3CCCCCC3)nn12. The summed E-state index contributed by atoms with van der Waals surface area (Å²) in [4.78, 5) is 20.1. The molecule has 2 aromatic heterocycles. The van der Waals surface area contributed by atoms with Gasteiger partial charge in [-0.2, -0.15) is 5.10 Å². The van der Waals surface area contributed by atoms with Crippen molar-refractivity contribution >= 4 is 11.6 Å². The minimum atomic E-state index is 0.0639. The van der Waals surface area contributed by atoms with Crippen LogP contribution in [0.5, 0.6) is 0 Å². The Balaban J connectivity index is 1.67. The molecular formula is C24H36N4O. The fraction of sp³-hybridized carbons (Fsp3) is 0.708. The van der Waals surface area contributed by atoms with Gasteiger partial charge in [-0.3, -0.25) is 4.79 Å². The first-order chi connectivity index (χ1) is 14.0. The van der Waals surface area contributed by atoms with Crippen molar-refractivity contribution in [2.45, 2.75) is 90.4 Å². The lowest BCUT2D eigenvalue weighted by Gasteiger charge is -2.27. The second-order valence-electron chi connectivity index (χ2n) is 9.45. The Kier molecular flexibility index (Phi) is 6.21. The van der Waals surface area contributed by atoms with Gasteiger partial charge in [-0.15, -0.1) is 0 Å². The Bertz CT molecular complexity index is 842. The summed E-state index contributed by atoms with van der Waals surface area (Å²) in [6.45, 7) is 8.42. The average molecular weight is 397 g/mol. The van der Waals surface area contributed by atoms with Crippen LogP contribution in [-0.2, 0) is 0 Å². The zero-order chi connectivity index (χ0) is 20.4. The molecule has 1 saturated carbocycles. The number of carbonyl (C=O) groups is 1. The molecule has 0 bridgehead atoms. The monoisotopic (exact) mass is 396 g/mol. The van der Waals surface area contributed by atoms with Gasteiger partial charge in [0.1, 0.15) is 0 Å². The molecule has 5 heteroatoms. The van der Waals surface area contributed by atoms with E-state index in [4.69, 9.17) is 10.1 Å². The van der Waals surface area contributed by atoms with Crippen molar-refractivity contribution < 1.29 is 4.79 Å². The van der Waals surface area contributed by atoms with Crippen molar-refractivity contribution in [1.29, 1.82) is 0 Å². The summed E-state index contributed by atoms with van der Waals surface area (Å²) in [6, 6.07) is 4.15. The van der Waals surface area contributed by atoms with E-state index < -0.39 is 0 Å². The maximum Gasteiger partial charge on any atom is 0.274 e. The van der Waals surface area contributed by atoms with Crippen LogP contribution in [-0.4, -0.2) is 38.5 Å². The van der Waals surface area contributed by atoms with Crippen molar-refractivity contribution in [1.82, 2.24) is 19.5 Å². The topological polar surface area (TPSA) is 50.5 Å². The smallest absolute Gasteiger partial charge is 0.274 e. The summed E-state index contributed by atoms with van der Waals surface area (Å²) in [5, 5.41) is 4.72. The van der Waals surface area contributed by atoms with E-state index in [1.54, 1.807) is 0 Å². The third kappa shape index (κ3) is 4.34. The van der Waals surface area contributed by atoms with Gasteiger partial charge in [0.25, 0.3) is 5.91 Å². The third-order valence-electron chi connectivity index (χ3n) is 7.00. The lowest BCUT2D eigenvalue weighted by atomic mass is 9.79. The van der Waals surface area contributed by atoms with Gasteiger partial charge in [-0.25, -0.2) is 9.50 Å².